The summed E-state index contributed by atoms with van der Waals surface area (Å²) in [5.41, 5.74) is 0.243. The Bertz CT molecular complexity index is 301. The van der Waals surface area contributed by atoms with Gasteiger partial charge in [0.25, 0.3) is 0 Å². The summed E-state index contributed by atoms with van der Waals surface area (Å²) in [5, 5.41) is 4.61. The quantitative estimate of drug-likeness (QED) is 0.613. The molecule has 0 radical (unpaired) electrons. The smallest absolute Gasteiger partial charge is 0.167 e. The van der Waals surface area contributed by atoms with Crippen LogP contribution in [0.4, 0.5) is 0 Å². The molecule has 1 N–H and O–H groups in total. The highest BCUT2D eigenvalue weighted by molar-refractivity contribution is 7.99. The molecule has 0 fully saturated rings. The van der Waals surface area contributed by atoms with Crippen molar-refractivity contribution in [3.05, 3.63) is 12.4 Å². The van der Waals surface area contributed by atoms with Crippen molar-refractivity contribution in [1.82, 2.24) is 14.9 Å². The van der Waals surface area contributed by atoms with E-state index in [0.717, 1.165) is 17.5 Å². The highest BCUT2D eigenvalue weighted by atomic mass is 32.2. The van der Waals surface area contributed by atoms with Gasteiger partial charge < -0.3 is 9.88 Å². The molecular weight excluding hydrogens is 218 g/mol. The lowest BCUT2D eigenvalue weighted by molar-refractivity contribution is 0.421. The molecule has 1 aromatic rings. The monoisotopic (exact) mass is 241 g/mol. The van der Waals surface area contributed by atoms with Crippen LogP contribution in [0, 0.1) is 0 Å². The number of nitrogens with one attached hydrogen (secondary N) is 1. The zero-order chi connectivity index (χ0) is 12.0. The molecule has 4 heteroatoms. The summed E-state index contributed by atoms with van der Waals surface area (Å²) in [7, 11) is 2.04. The molecule has 0 saturated carbocycles. The minimum absolute atomic E-state index is 0.243. The lowest BCUT2D eigenvalue weighted by Crippen LogP contribution is -2.36. The average Bonchev–Trinajstić information content (AvgIpc) is 2.56. The van der Waals surface area contributed by atoms with Gasteiger partial charge in [-0.05, 0) is 40.2 Å². The SMILES string of the molecule is Cn1ccnc1SCCCCNC(C)(C)C. The van der Waals surface area contributed by atoms with Gasteiger partial charge in [0.1, 0.15) is 0 Å². The van der Waals surface area contributed by atoms with E-state index in [2.05, 4.69) is 35.6 Å². The minimum atomic E-state index is 0.243. The summed E-state index contributed by atoms with van der Waals surface area (Å²) in [5.74, 6) is 1.15. The van der Waals surface area contributed by atoms with E-state index in [1.807, 2.05) is 31.2 Å². The van der Waals surface area contributed by atoms with Gasteiger partial charge in [-0.1, -0.05) is 11.8 Å². The Kier molecular flexibility index (Phi) is 5.35. The number of thioether (sulfide) groups is 1. The molecule has 0 amide bonds. The Hall–Kier alpha value is -0.480. The molecule has 16 heavy (non-hydrogen) atoms. The van der Waals surface area contributed by atoms with Gasteiger partial charge in [-0.3, -0.25) is 0 Å². The van der Waals surface area contributed by atoms with Crippen LogP contribution >= 0.6 is 11.8 Å². The van der Waals surface area contributed by atoms with Crippen LogP contribution in [0.25, 0.3) is 0 Å². The Balaban J connectivity index is 2.03. The predicted octanol–water partition coefficient (Wildman–Crippen LogP) is 2.68. The molecule has 0 bridgehead atoms. The standard InChI is InChI=1S/C12H23N3S/c1-12(2,3)14-7-5-6-10-16-11-13-8-9-15(11)4/h8-9,14H,5-7,10H2,1-4H3. The molecule has 0 saturated heterocycles. The van der Waals surface area contributed by atoms with Crippen molar-refractivity contribution in [3.8, 4) is 0 Å². The van der Waals surface area contributed by atoms with Crippen molar-refractivity contribution < 1.29 is 0 Å². The fourth-order valence-electron chi connectivity index (χ4n) is 1.34. The first-order valence-corrected chi connectivity index (χ1v) is 6.83. The van der Waals surface area contributed by atoms with E-state index in [9.17, 15) is 0 Å². The van der Waals surface area contributed by atoms with Crippen molar-refractivity contribution in [2.45, 2.75) is 44.3 Å². The Labute approximate surface area is 103 Å². The highest BCUT2D eigenvalue weighted by Crippen LogP contribution is 2.15. The second-order valence-electron chi connectivity index (χ2n) is 5.05. The van der Waals surface area contributed by atoms with Crippen LogP contribution < -0.4 is 5.32 Å². The number of aryl methyl sites for hydroxylation is 1. The van der Waals surface area contributed by atoms with Crippen molar-refractivity contribution in [3.63, 3.8) is 0 Å². The Morgan fingerprint density at radius 3 is 2.69 bits per heavy atom. The van der Waals surface area contributed by atoms with Crippen molar-refractivity contribution in [2.75, 3.05) is 12.3 Å². The first kappa shape index (κ1) is 13.6. The van der Waals surface area contributed by atoms with E-state index in [4.69, 9.17) is 0 Å². The molecule has 0 aliphatic rings. The summed E-state index contributed by atoms with van der Waals surface area (Å²) in [6, 6.07) is 0. The average molecular weight is 241 g/mol. The number of nitrogens with zero attached hydrogens (tertiary/aromatic N) is 2. The zero-order valence-corrected chi connectivity index (χ0v) is 11.6. The molecule has 0 atom stereocenters. The first-order chi connectivity index (χ1) is 7.49. The lowest BCUT2D eigenvalue weighted by Gasteiger charge is -2.20. The van der Waals surface area contributed by atoms with E-state index >= 15 is 0 Å². The largest absolute Gasteiger partial charge is 0.329 e. The maximum Gasteiger partial charge on any atom is 0.167 e. The Morgan fingerprint density at radius 2 is 2.12 bits per heavy atom. The van der Waals surface area contributed by atoms with E-state index in [1.54, 1.807) is 0 Å². The normalized spacial score (nSPS) is 12.0. The van der Waals surface area contributed by atoms with Crippen LogP contribution in [0.15, 0.2) is 17.6 Å². The summed E-state index contributed by atoms with van der Waals surface area (Å²) >= 11 is 1.84. The third kappa shape index (κ3) is 5.56. The summed E-state index contributed by atoms with van der Waals surface area (Å²) in [6.45, 7) is 7.71. The molecule has 0 spiro atoms. The lowest BCUT2D eigenvalue weighted by atomic mass is 10.1. The summed E-state index contributed by atoms with van der Waals surface area (Å²) in [6.07, 6.45) is 6.31. The van der Waals surface area contributed by atoms with Crippen molar-refractivity contribution in [2.24, 2.45) is 7.05 Å². The van der Waals surface area contributed by atoms with E-state index in [0.29, 0.717) is 0 Å². The second-order valence-corrected chi connectivity index (χ2v) is 6.12. The van der Waals surface area contributed by atoms with E-state index in [1.165, 1.54) is 12.8 Å². The fraction of sp³-hybridized carbons (Fsp3) is 0.750. The van der Waals surface area contributed by atoms with Crippen molar-refractivity contribution in [1.29, 1.82) is 0 Å². The molecule has 0 aromatic carbocycles. The van der Waals surface area contributed by atoms with Gasteiger partial charge >= 0.3 is 0 Å². The van der Waals surface area contributed by atoms with Gasteiger partial charge in [-0.25, -0.2) is 4.98 Å². The molecule has 92 valence electrons. The van der Waals surface area contributed by atoms with Crippen LogP contribution in [-0.2, 0) is 7.05 Å². The molecule has 0 aliphatic heterocycles. The van der Waals surface area contributed by atoms with Crippen molar-refractivity contribution >= 4 is 11.8 Å². The van der Waals surface area contributed by atoms with Gasteiger partial charge in [0, 0.05) is 30.7 Å². The Morgan fingerprint density at radius 1 is 1.38 bits per heavy atom. The minimum Gasteiger partial charge on any atom is -0.329 e. The first-order valence-electron chi connectivity index (χ1n) is 5.84. The molecule has 1 aromatic heterocycles. The highest BCUT2D eigenvalue weighted by Gasteiger charge is 2.07. The van der Waals surface area contributed by atoms with E-state index in [-0.39, 0.29) is 5.54 Å². The van der Waals surface area contributed by atoms with Gasteiger partial charge in [-0.2, -0.15) is 0 Å². The number of rotatable bonds is 6. The predicted molar refractivity (Wildman–Crippen MR) is 70.9 cm³/mol. The molecule has 1 rings (SSSR count). The van der Waals surface area contributed by atoms with Crippen LogP contribution in [0.5, 0.6) is 0 Å². The number of imidazole rings is 1. The number of unbranched alkanes of at least 4 members (excludes halogenated alkanes) is 1. The van der Waals surface area contributed by atoms with Crippen LogP contribution in [0.1, 0.15) is 33.6 Å². The van der Waals surface area contributed by atoms with Gasteiger partial charge in [0.05, 0.1) is 0 Å². The topological polar surface area (TPSA) is 29.9 Å². The van der Waals surface area contributed by atoms with Crippen LogP contribution in [0.2, 0.25) is 0 Å². The number of hydrogen-bond donors (Lipinski definition) is 1. The number of aromatic nitrogens is 2. The summed E-state index contributed by atoms with van der Waals surface area (Å²) < 4.78 is 2.07. The second kappa shape index (κ2) is 6.30. The third-order valence-corrected chi connectivity index (χ3v) is 3.38. The fourth-order valence-corrected chi connectivity index (χ4v) is 2.28. The molecule has 0 aliphatic carbocycles. The molecule has 1 heterocycles. The van der Waals surface area contributed by atoms with Crippen LogP contribution in [-0.4, -0.2) is 27.4 Å². The van der Waals surface area contributed by atoms with Gasteiger partial charge in [-0.15, -0.1) is 0 Å². The van der Waals surface area contributed by atoms with Gasteiger partial charge in [0.15, 0.2) is 5.16 Å². The molecule has 3 nitrogen and oxygen atoms in total. The maximum absolute atomic E-state index is 4.28. The molecular formula is C12H23N3S. The summed E-state index contributed by atoms with van der Waals surface area (Å²) in [4.78, 5) is 4.28. The maximum atomic E-state index is 4.28. The van der Waals surface area contributed by atoms with Crippen LogP contribution in [0.3, 0.4) is 0 Å². The zero-order valence-electron chi connectivity index (χ0n) is 10.8. The number of hydrogen-bond acceptors (Lipinski definition) is 3. The molecule has 0 unspecified atom stereocenters. The van der Waals surface area contributed by atoms with Gasteiger partial charge in [0.2, 0.25) is 0 Å². The third-order valence-electron chi connectivity index (χ3n) is 2.23. The van der Waals surface area contributed by atoms with E-state index < -0.39 is 0 Å².